The zero-order valence-electron chi connectivity index (χ0n) is 20.5. The van der Waals surface area contributed by atoms with Gasteiger partial charge < -0.3 is 0 Å². The Bertz CT molecular complexity index is 1210. The number of hydrogen-bond acceptors (Lipinski definition) is 5. The van der Waals surface area contributed by atoms with E-state index in [1.807, 2.05) is 48.5 Å². The third-order valence-electron chi connectivity index (χ3n) is 5.51. The Hall–Kier alpha value is -3.35. The largest absolute Gasteiger partial charge is 0.292 e. The van der Waals surface area contributed by atoms with E-state index in [4.69, 9.17) is 18.6 Å². The van der Waals surface area contributed by atoms with Crippen LogP contribution in [0.3, 0.4) is 0 Å². The Morgan fingerprint density at radius 2 is 0.946 bits per heavy atom. The molecule has 0 fully saturated rings. The molecule has 0 saturated heterocycles. The molecule has 4 aromatic carbocycles. The minimum atomic E-state index is -4.69. The van der Waals surface area contributed by atoms with Crippen LogP contribution in [0.15, 0.2) is 132 Å². The molecular weight excluding hydrogens is 509 g/mol. The molecule has 0 aliphatic heterocycles. The van der Waals surface area contributed by atoms with E-state index in [2.05, 4.69) is 92.0 Å². The smallest absolute Gasteiger partial charge is 0.258 e. The number of amides is 1. The highest BCUT2D eigenvalue weighted by Gasteiger charge is 2.51. The molecule has 6 nitrogen and oxygen atoms in total. The number of halogens is 1. The van der Waals surface area contributed by atoms with Gasteiger partial charge in [0.25, 0.3) is 5.91 Å². The Labute approximate surface area is 219 Å². The third kappa shape index (κ3) is 7.34. The summed E-state index contributed by atoms with van der Waals surface area (Å²) < 4.78 is 32.7. The molecule has 0 saturated carbocycles. The average molecular weight is 537 g/mol. The molecule has 0 aliphatic rings. The molecule has 2 N–H and O–H groups in total. The summed E-state index contributed by atoms with van der Waals surface area (Å²) in [5.74, 6) is -0.0889. The second kappa shape index (κ2) is 12.7. The van der Waals surface area contributed by atoms with E-state index in [0.29, 0.717) is 5.56 Å². The van der Waals surface area contributed by atoms with Crippen molar-refractivity contribution in [2.75, 3.05) is 0 Å². The van der Waals surface area contributed by atoms with Gasteiger partial charge in [-0.15, -0.1) is 0 Å². The zero-order valence-corrected chi connectivity index (χ0v) is 22.1. The lowest BCUT2D eigenvalue weighted by Crippen LogP contribution is -2.58. The molecule has 1 amide bonds. The van der Waals surface area contributed by atoms with Gasteiger partial charge in [0.2, 0.25) is 0 Å². The lowest BCUT2D eigenvalue weighted by molar-refractivity contribution is -1.92. The number of nitrogens with one attached hydrogen (secondary N) is 1. The van der Waals surface area contributed by atoms with Crippen molar-refractivity contribution >= 4 is 29.1 Å². The Morgan fingerprint density at radius 3 is 1.24 bits per heavy atom. The molecule has 4 rings (SSSR count). The lowest BCUT2D eigenvalue weighted by Gasteiger charge is -2.30. The normalized spacial score (nSPS) is 11.1. The molecule has 8 heteroatoms. The minimum absolute atomic E-state index is 0.0889. The van der Waals surface area contributed by atoms with Crippen LogP contribution in [-0.4, -0.2) is 10.6 Å². The molecule has 190 valence electrons. The SMILES string of the molecule is CC(C)=C(NC(=O)c1ccccc1)[P+](c1ccccc1)(c1ccccc1)c1ccccc1.[O-][Cl+3]([O-])([O-])O. The van der Waals surface area contributed by atoms with Gasteiger partial charge in [-0.25, -0.2) is 0 Å². The van der Waals surface area contributed by atoms with Crippen LogP contribution in [0.5, 0.6) is 0 Å². The number of hydrogen-bond donors (Lipinski definition) is 2. The van der Waals surface area contributed by atoms with Gasteiger partial charge >= 0.3 is 0 Å². The van der Waals surface area contributed by atoms with E-state index in [-0.39, 0.29) is 5.91 Å². The summed E-state index contributed by atoms with van der Waals surface area (Å²) >= 11 is 0. The van der Waals surface area contributed by atoms with Crippen molar-refractivity contribution in [3.05, 3.63) is 138 Å². The molecule has 0 spiro atoms. The van der Waals surface area contributed by atoms with Gasteiger partial charge in [-0.3, -0.25) is 10.1 Å². The highest BCUT2D eigenvalue weighted by molar-refractivity contribution is 7.99. The van der Waals surface area contributed by atoms with Crippen molar-refractivity contribution < 1.29 is 33.7 Å². The van der Waals surface area contributed by atoms with Gasteiger partial charge in [-0.05, 0) is 68.0 Å². The van der Waals surface area contributed by atoms with Crippen LogP contribution in [0, 0.1) is 10.2 Å². The van der Waals surface area contributed by atoms with Crippen molar-refractivity contribution in [1.82, 2.24) is 5.32 Å². The van der Waals surface area contributed by atoms with Crippen LogP contribution < -0.4 is 35.2 Å². The minimum Gasteiger partial charge on any atom is -0.292 e. The number of carbonyl (C=O) groups is 1. The summed E-state index contributed by atoms with van der Waals surface area (Å²) in [6.07, 6.45) is 0. The maximum Gasteiger partial charge on any atom is 0.258 e. The summed E-state index contributed by atoms with van der Waals surface area (Å²) in [4.78, 5) is 13.4. The fourth-order valence-electron chi connectivity index (χ4n) is 4.10. The van der Waals surface area contributed by atoms with Crippen molar-refractivity contribution in [1.29, 1.82) is 0 Å². The summed E-state index contributed by atoms with van der Waals surface area (Å²) in [7, 11) is -7.04. The second-order valence-corrected chi connectivity index (χ2v) is 12.4. The first-order chi connectivity index (χ1) is 17.6. The standard InChI is InChI=1S/C29H26NOP.ClHO4/c1-23(2)29(30-28(31)24-15-7-3-8-16-24)32(25-17-9-4-10-18-25,26-19-11-5-12-20-26)27-21-13-6-14-22-27;2-1(3,4)5/h3-22H,1-2H3;(H,2,3,4,5)/p+1. The monoisotopic (exact) mass is 536 g/mol. The topological polar surface area (TPSA) is 119 Å². The third-order valence-corrected chi connectivity index (χ3v) is 9.96. The zero-order chi connectivity index (χ0) is 26.9. The second-order valence-electron chi connectivity index (χ2n) is 8.24. The van der Waals surface area contributed by atoms with E-state index in [9.17, 15) is 4.79 Å². The predicted octanol–water partition coefficient (Wildman–Crippen LogP) is 1.54. The van der Waals surface area contributed by atoms with Crippen LogP contribution in [0.25, 0.3) is 0 Å². The van der Waals surface area contributed by atoms with Gasteiger partial charge in [-0.1, -0.05) is 72.8 Å². The van der Waals surface area contributed by atoms with E-state index < -0.39 is 17.5 Å². The first-order valence-corrected chi connectivity index (χ1v) is 14.4. The summed E-state index contributed by atoms with van der Waals surface area (Å²) in [6.45, 7) is 4.17. The molecule has 0 heterocycles. The average Bonchev–Trinajstić information content (AvgIpc) is 2.90. The van der Waals surface area contributed by atoms with Crippen LogP contribution in [0.4, 0.5) is 0 Å². The van der Waals surface area contributed by atoms with Crippen molar-refractivity contribution in [2.45, 2.75) is 13.8 Å². The number of benzene rings is 4. The van der Waals surface area contributed by atoms with Gasteiger partial charge in [0.1, 0.15) is 15.9 Å². The van der Waals surface area contributed by atoms with Crippen LogP contribution >= 0.6 is 7.26 Å². The fourth-order valence-corrected chi connectivity index (χ4v) is 8.57. The molecular formula is C29H28ClNO5P+. The first-order valence-electron chi connectivity index (χ1n) is 11.4. The Balaban J connectivity index is 0.000000695. The Kier molecular flexibility index (Phi) is 9.73. The maximum absolute atomic E-state index is 13.4. The summed E-state index contributed by atoms with van der Waals surface area (Å²) in [6, 6.07) is 41.1. The van der Waals surface area contributed by atoms with Crippen molar-refractivity contribution in [3.63, 3.8) is 0 Å². The van der Waals surface area contributed by atoms with Gasteiger partial charge in [0.05, 0.1) is 14.9 Å². The van der Waals surface area contributed by atoms with Gasteiger partial charge in [0.15, 0.2) is 12.7 Å². The van der Waals surface area contributed by atoms with Crippen LogP contribution in [0.2, 0.25) is 0 Å². The quantitative estimate of drug-likeness (QED) is 0.362. The van der Waals surface area contributed by atoms with E-state index in [0.717, 1.165) is 11.0 Å². The summed E-state index contributed by atoms with van der Waals surface area (Å²) in [5, 5.41) is 6.99. The van der Waals surface area contributed by atoms with Crippen LogP contribution in [-0.2, 0) is 0 Å². The van der Waals surface area contributed by atoms with E-state index in [1.54, 1.807) is 0 Å². The Morgan fingerprint density at radius 1 is 0.649 bits per heavy atom. The maximum atomic E-state index is 13.4. The van der Waals surface area contributed by atoms with E-state index >= 15 is 0 Å². The number of allylic oxidation sites excluding steroid dienone is 1. The highest BCUT2D eigenvalue weighted by Crippen LogP contribution is 2.62. The predicted molar refractivity (Wildman–Crippen MR) is 140 cm³/mol. The molecule has 0 radical (unpaired) electrons. The lowest BCUT2D eigenvalue weighted by atomic mass is 10.2. The molecule has 0 aliphatic carbocycles. The molecule has 37 heavy (non-hydrogen) atoms. The van der Waals surface area contributed by atoms with Crippen LogP contribution in [0.1, 0.15) is 24.2 Å². The molecule has 0 aromatic heterocycles. The first kappa shape index (κ1) is 28.2. The highest BCUT2D eigenvalue weighted by atomic mass is 35.7. The van der Waals surface area contributed by atoms with Gasteiger partial charge in [0, 0.05) is 5.56 Å². The number of rotatable bonds is 6. The summed E-state index contributed by atoms with van der Waals surface area (Å²) in [5.41, 5.74) is 2.73. The van der Waals surface area contributed by atoms with E-state index in [1.165, 1.54) is 15.9 Å². The molecule has 0 bridgehead atoms. The molecule has 0 atom stereocenters. The molecule has 4 aromatic rings. The van der Waals surface area contributed by atoms with Crippen molar-refractivity contribution in [3.8, 4) is 0 Å². The molecule has 0 unspecified atom stereocenters. The van der Waals surface area contributed by atoms with Crippen molar-refractivity contribution in [2.24, 2.45) is 0 Å². The fraction of sp³-hybridized carbons (Fsp3) is 0.0690. The number of carbonyl (C=O) groups excluding carboxylic acids is 1. The van der Waals surface area contributed by atoms with Gasteiger partial charge in [-0.2, -0.15) is 14.0 Å².